The molecule has 0 amide bonds. The van der Waals surface area contributed by atoms with E-state index in [1.807, 2.05) is 0 Å². The molecule has 2 aliphatic rings. The van der Waals surface area contributed by atoms with E-state index in [9.17, 15) is 0 Å². The van der Waals surface area contributed by atoms with Crippen molar-refractivity contribution < 1.29 is 23.7 Å². The Morgan fingerprint density at radius 1 is 0.885 bits per heavy atom. The first-order chi connectivity index (χ1) is 12.4. The fourth-order valence-electron chi connectivity index (χ4n) is 3.44. The molecule has 0 aromatic carbocycles. The molecule has 2 rings (SSSR count). The van der Waals surface area contributed by atoms with Crippen molar-refractivity contribution in [2.45, 2.75) is 57.9 Å². The van der Waals surface area contributed by atoms with Crippen LogP contribution in [-0.4, -0.2) is 80.0 Å². The Balaban J connectivity index is 0.000000439. The third kappa shape index (κ3) is 8.02. The minimum absolute atomic E-state index is 0.00912. The molecule has 4 unspecified atom stereocenters. The van der Waals surface area contributed by atoms with Gasteiger partial charge < -0.3 is 23.7 Å². The van der Waals surface area contributed by atoms with Crippen LogP contribution in [0.2, 0.25) is 6.82 Å². The van der Waals surface area contributed by atoms with E-state index in [0.717, 1.165) is 6.61 Å². The van der Waals surface area contributed by atoms with Crippen molar-refractivity contribution in [2.24, 2.45) is 17.8 Å². The van der Waals surface area contributed by atoms with Gasteiger partial charge in [0.2, 0.25) is 0 Å². The zero-order chi connectivity index (χ0) is 20.3. The summed E-state index contributed by atoms with van der Waals surface area (Å²) in [6.45, 7) is 9.89. The molecule has 0 aromatic rings. The van der Waals surface area contributed by atoms with E-state index >= 15 is 0 Å². The second-order valence-electron chi connectivity index (χ2n) is 6.80. The van der Waals surface area contributed by atoms with Crippen LogP contribution in [0.25, 0.3) is 0 Å². The topological polar surface area (TPSA) is 46.2 Å². The largest absolute Gasteiger partial charge is 0.382 e. The molecule has 0 aliphatic carbocycles. The number of hydrogen-bond acceptors (Lipinski definition) is 5. The lowest BCUT2D eigenvalue weighted by Crippen LogP contribution is -2.28. The molecule has 151 valence electrons. The van der Waals surface area contributed by atoms with Crippen molar-refractivity contribution >= 4 is 52.4 Å². The van der Waals surface area contributed by atoms with Crippen LogP contribution in [0.15, 0.2) is 0 Å². The van der Waals surface area contributed by atoms with Crippen molar-refractivity contribution in [3.05, 3.63) is 0 Å². The van der Waals surface area contributed by atoms with Crippen molar-refractivity contribution in [3.8, 4) is 0 Å². The number of methoxy groups -OCH3 is 3. The first kappa shape index (κ1) is 27.4. The average molecular weight is 593 g/mol. The van der Waals surface area contributed by atoms with Gasteiger partial charge in [0.15, 0.2) is 0 Å². The summed E-state index contributed by atoms with van der Waals surface area (Å²) in [7, 11) is 12.9. The van der Waals surface area contributed by atoms with Gasteiger partial charge in [-0.05, 0) is 11.8 Å². The number of hydrogen-bond donors (Lipinski definition) is 0. The summed E-state index contributed by atoms with van der Waals surface area (Å²) in [6.07, 6.45) is 0.339. The van der Waals surface area contributed by atoms with E-state index in [1.54, 1.807) is 21.3 Å². The minimum Gasteiger partial charge on any atom is -0.382 e. The lowest BCUT2D eigenvalue weighted by Gasteiger charge is -2.17. The molecule has 0 bridgehead atoms. The molecule has 0 spiro atoms. The van der Waals surface area contributed by atoms with Gasteiger partial charge in [-0.15, -0.1) is 0 Å². The van der Waals surface area contributed by atoms with Crippen molar-refractivity contribution in [1.29, 1.82) is 0 Å². The lowest BCUT2D eigenvalue weighted by atomic mass is 9.67. The monoisotopic (exact) mass is 593 g/mol. The number of rotatable bonds is 6. The molecule has 9 heteroatoms. The van der Waals surface area contributed by atoms with Crippen LogP contribution in [-0.2, 0) is 23.7 Å². The normalized spacial score (nSPS) is 38.8. The van der Waals surface area contributed by atoms with Crippen molar-refractivity contribution in [2.75, 3.05) is 34.5 Å². The Bertz CT molecular complexity index is 353. The van der Waals surface area contributed by atoms with Crippen LogP contribution < -0.4 is 0 Å². The van der Waals surface area contributed by atoms with E-state index in [1.165, 1.54) is 0 Å². The maximum atomic E-state index is 5.79. The molecule has 2 heterocycles. The molecule has 8 atom stereocenters. The second-order valence-corrected chi connectivity index (χ2v) is 6.80. The van der Waals surface area contributed by atoms with Gasteiger partial charge in [-0.2, -0.15) is 0 Å². The van der Waals surface area contributed by atoms with E-state index in [-0.39, 0.29) is 24.3 Å². The SMILES string of the molecule is C[B][C@@H]1O[C@H](COC)C(C)C1C.II.[B][C@@H]1O[C@H](COC)C(C)C1OC. The fourth-order valence-corrected chi connectivity index (χ4v) is 3.44. The Morgan fingerprint density at radius 3 is 1.73 bits per heavy atom. The van der Waals surface area contributed by atoms with E-state index in [0.29, 0.717) is 30.4 Å². The smallest absolute Gasteiger partial charge is 0.146 e. The van der Waals surface area contributed by atoms with Crippen LogP contribution >= 0.6 is 37.2 Å². The molecule has 2 saturated heterocycles. The van der Waals surface area contributed by atoms with Gasteiger partial charge in [-0.1, -0.05) is 27.6 Å². The summed E-state index contributed by atoms with van der Waals surface area (Å²) in [5, 5.41) is 0. The predicted molar refractivity (Wildman–Crippen MR) is 125 cm³/mol. The molecule has 3 radical (unpaired) electrons. The molecule has 26 heavy (non-hydrogen) atoms. The zero-order valence-corrected chi connectivity index (χ0v) is 21.3. The van der Waals surface area contributed by atoms with Crippen LogP contribution in [0.5, 0.6) is 0 Å². The Kier molecular flexibility index (Phi) is 16.1. The summed E-state index contributed by atoms with van der Waals surface area (Å²) in [5.41, 5.74) is 0. The van der Waals surface area contributed by atoms with Gasteiger partial charge in [0, 0.05) is 76.5 Å². The molecule has 0 N–H and O–H groups in total. The van der Waals surface area contributed by atoms with Gasteiger partial charge in [-0.3, -0.25) is 0 Å². The van der Waals surface area contributed by atoms with Crippen LogP contribution in [0, 0.1) is 17.8 Å². The zero-order valence-electron chi connectivity index (χ0n) is 17.0. The Morgan fingerprint density at radius 2 is 1.38 bits per heavy atom. The van der Waals surface area contributed by atoms with E-state index in [4.69, 9.17) is 31.5 Å². The highest BCUT2D eigenvalue weighted by Gasteiger charge is 2.39. The lowest BCUT2D eigenvalue weighted by molar-refractivity contribution is 0.00776. The van der Waals surface area contributed by atoms with Gasteiger partial charge in [0.25, 0.3) is 0 Å². The summed E-state index contributed by atoms with van der Waals surface area (Å²) in [4.78, 5) is 0. The van der Waals surface area contributed by atoms with Crippen molar-refractivity contribution in [1.82, 2.24) is 0 Å². The van der Waals surface area contributed by atoms with Gasteiger partial charge in [0.1, 0.15) is 15.1 Å². The second kappa shape index (κ2) is 15.3. The molecular weight excluding hydrogens is 560 g/mol. The quantitative estimate of drug-likeness (QED) is 0.350. The summed E-state index contributed by atoms with van der Waals surface area (Å²) < 4.78 is 26.5. The van der Waals surface area contributed by atoms with Crippen LogP contribution in [0.3, 0.4) is 0 Å². The maximum absolute atomic E-state index is 5.79. The summed E-state index contributed by atoms with van der Waals surface area (Å²) in [5.74, 6) is 1.52. The average Bonchev–Trinajstić information content (AvgIpc) is 3.07. The van der Waals surface area contributed by atoms with Crippen LogP contribution in [0.4, 0.5) is 0 Å². The Labute approximate surface area is 185 Å². The summed E-state index contributed by atoms with van der Waals surface area (Å²) in [6, 6.07) is 0.00491. The fraction of sp³-hybridized carbons (Fsp3) is 1.00. The molecular formula is C17H33B2I2O5. The highest BCUT2D eigenvalue weighted by molar-refractivity contribution is 15.0. The molecule has 5 nitrogen and oxygen atoms in total. The molecule has 2 aliphatic heterocycles. The van der Waals surface area contributed by atoms with E-state index < -0.39 is 0 Å². The Hall–Kier alpha value is 1.39. The third-order valence-corrected chi connectivity index (χ3v) is 5.29. The van der Waals surface area contributed by atoms with E-state index in [2.05, 4.69) is 72.1 Å². The molecule has 0 aromatic heterocycles. The standard InChI is InChI=1S/C9H18BO2.C8H15BO3.I2/c1-6-7(2)9(10-3)12-8(6)5-11-4;1-5-6(4-10-2)12-8(9)7(5)11-3;1-2/h6-9H,5H2,1-4H3;5-8H,4H2,1-3H3;/t6?,7?,8-,9-;5?,6-,7?,8-;/m11./s1. The third-order valence-electron chi connectivity index (χ3n) is 5.29. The van der Waals surface area contributed by atoms with Gasteiger partial charge in [-0.25, -0.2) is 0 Å². The van der Waals surface area contributed by atoms with Crippen LogP contribution in [0.1, 0.15) is 20.8 Å². The first-order valence-corrected chi connectivity index (χ1v) is 15.2. The van der Waals surface area contributed by atoms with Gasteiger partial charge >= 0.3 is 0 Å². The summed E-state index contributed by atoms with van der Waals surface area (Å²) >= 11 is 4.24. The minimum atomic E-state index is -0.315. The highest BCUT2D eigenvalue weighted by atomic mass is 128. The molecule has 0 saturated carbocycles. The highest BCUT2D eigenvalue weighted by Crippen LogP contribution is 2.31. The molecule has 2 fully saturated rings. The van der Waals surface area contributed by atoms with Crippen molar-refractivity contribution in [3.63, 3.8) is 0 Å². The predicted octanol–water partition coefficient (Wildman–Crippen LogP) is 3.33. The number of ether oxygens (including phenoxy) is 5. The number of halogens is 2. The first-order valence-electron chi connectivity index (χ1n) is 8.92. The van der Waals surface area contributed by atoms with Gasteiger partial charge in [0.05, 0.1) is 31.5 Å². The maximum Gasteiger partial charge on any atom is 0.146 e.